The summed E-state index contributed by atoms with van der Waals surface area (Å²) >= 11 is 0. The summed E-state index contributed by atoms with van der Waals surface area (Å²) in [5, 5.41) is 0. The Kier molecular flexibility index (Phi) is 4.39. The van der Waals surface area contributed by atoms with Crippen LogP contribution in [0.15, 0.2) is 54.6 Å². The summed E-state index contributed by atoms with van der Waals surface area (Å²) in [6.07, 6.45) is 1.64. The highest BCUT2D eigenvalue weighted by atomic mass is 16.1. The summed E-state index contributed by atoms with van der Waals surface area (Å²) in [7, 11) is 0. The third-order valence-electron chi connectivity index (χ3n) is 4.28. The fourth-order valence-corrected chi connectivity index (χ4v) is 2.85. The molecule has 0 heterocycles. The minimum absolute atomic E-state index is 0.230. The molecule has 1 heteroatoms. The van der Waals surface area contributed by atoms with E-state index in [1.54, 1.807) is 0 Å². The fraction of sp³-hybridized carbons (Fsp3) is 0.316. The van der Waals surface area contributed by atoms with Gasteiger partial charge < -0.3 is 0 Å². The van der Waals surface area contributed by atoms with Crippen LogP contribution in [0.1, 0.15) is 48.2 Å². The molecule has 0 bridgehead atoms. The number of rotatable bonds is 5. The maximum atomic E-state index is 13.0. The smallest absolute Gasteiger partial charge is 0.173 e. The molecule has 0 aliphatic rings. The van der Waals surface area contributed by atoms with Gasteiger partial charge in [0, 0.05) is 5.56 Å². The zero-order valence-electron chi connectivity index (χ0n) is 12.5. The molecule has 0 atom stereocenters. The number of aryl methyl sites for hydroxylation is 1. The van der Waals surface area contributed by atoms with Crippen molar-refractivity contribution in [2.24, 2.45) is 0 Å². The Morgan fingerprint density at radius 1 is 0.900 bits per heavy atom. The standard InChI is InChI=1S/C19H22O/c1-4-19(5-2,17-9-7-6-8-10-17)18(20)16-13-11-15(3)12-14-16/h6-14H,4-5H2,1-3H3. The highest BCUT2D eigenvalue weighted by Crippen LogP contribution is 2.35. The molecule has 2 rings (SSSR count). The highest BCUT2D eigenvalue weighted by Gasteiger charge is 2.36. The first kappa shape index (κ1) is 14.5. The van der Waals surface area contributed by atoms with E-state index in [1.807, 2.05) is 49.4 Å². The Bertz CT molecular complexity index is 562. The SMILES string of the molecule is CCC(CC)(C(=O)c1ccc(C)cc1)c1ccccc1. The Morgan fingerprint density at radius 2 is 1.45 bits per heavy atom. The summed E-state index contributed by atoms with van der Waals surface area (Å²) in [4.78, 5) is 13.0. The molecule has 0 N–H and O–H groups in total. The number of ketones is 1. The molecule has 0 unspecified atom stereocenters. The Hall–Kier alpha value is -1.89. The molecule has 1 nitrogen and oxygen atoms in total. The number of hydrogen-bond acceptors (Lipinski definition) is 1. The zero-order valence-corrected chi connectivity index (χ0v) is 12.5. The van der Waals surface area contributed by atoms with E-state index in [2.05, 4.69) is 26.0 Å². The third-order valence-corrected chi connectivity index (χ3v) is 4.28. The molecule has 2 aromatic rings. The molecule has 20 heavy (non-hydrogen) atoms. The van der Waals surface area contributed by atoms with Gasteiger partial charge in [0.2, 0.25) is 0 Å². The van der Waals surface area contributed by atoms with Gasteiger partial charge in [-0.25, -0.2) is 0 Å². The molecular weight excluding hydrogens is 244 g/mol. The van der Waals surface area contributed by atoms with Crippen LogP contribution >= 0.6 is 0 Å². The first-order valence-corrected chi connectivity index (χ1v) is 7.31. The maximum Gasteiger partial charge on any atom is 0.173 e. The predicted octanol–water partition coefficient (Wildman–Crippen LogP) is 4.94. The van der Waals surface area contributed by atoms with Crippen molar-refractivity contribution in [1.29, 1.82) is 0 Å². The summed E-state index contributed by atoms with van der Waals surface area (Å²) in [5.74, 6) is 0.230. The Morgan fingerprint density at radius 3 is 1.95 bits per heavy atom. The van der Waals surface area contributed by atoms with E-state index in [-0.39, 0.29) is 5.78 Å². The molecular formula is C19H22O. The van der Waals surface area contributed by atoms with Gasteiger partial charge >= 0.3 is 0 Å². The largest absolute Gasteiger partial charge is 0.293 e. The molecule has 0 aliphatic carbocycles. The van der Waals surface area contributed by atoms with E-state index >= 15 is 0 Å². The highest BCUT2D eigenvalue weighted by molar-refractivity contribution is 6.04. The van der Waals surface area contributed by atoms with Crippen LogP contribution < -0.4 is 0 Å². The lowest BCUT2D eigenvalue weighted by Crippen LogP contribution is -2.34. The van der Waals surface area contributed by atoms with E-state index in [1.165, 1.54) is 5.56 Å². The van der Waals surface area contributed by atoms with E-state index in [4.69, 9.17) is 0 Å². The van der Waals surface area contributed by atoms with Crippen LogP contribution in [0.4, 0.5) is 0 Å². The summed E-state index contributed by atoms with van der Waals surface area (Å²) in [6, 6.07) is 18.1. The van der Waals surface area contributed by atoms with Crippen molar-refractivity contribution in [3.63, 3.8) is 0 Å². The summed E-state index contributed by atoms with van der Waals surface area (Å²) < 4.78 is 0. The van der Waals surface area contributed by atoms with Crippen LogP contribution in [0.2, 0.25) is 0 Å². The summed E-state index contributed by atoms with van der Waals surface area (Å²) in [5.41, 5.74) is 2.70. The predicted molar refractivity (Wildman–Crippen MR) is 84.2 cm³/mol. The van der Waals surface area contributed by atoms with Crippen molar-refractivity contribution in [2.75, 3.05) is 0 Å². The van der Waals surface area contributed by atoms with Crippen molar-refractivity contribution in [1.82, 2.24) is 0 Å². The quantitative estimate of drug-likeness (QED) is 0.701. The van der Waals surface area contributed by atoms with Crippen LogP contribution in [0.5, 0.6) is 0 Å². The van der Waals surface area contributed by atoms with Crippen molar-refractivity contribution in [3.8, 4) is 0 Å². The van der Waals surface area contributed by atoms with E-state index in [9.17, 15) is 4.79 Å². The van der Waals surface area contributed by atoms with Crippen LogP contribution in [0, 0.1) is 6.92 Å². The van der Waals surface area contributed by atoms with Crippen LogP contribution in [0.3, 0.4) is 0 Å². The average molecular weight is 266 g/mol. The first-order chi connectivity index (χ1) is 9.64. The molecule has 0 saturated carbocycles. The third kappa shape index (κ3) is 2.53. The van der Waals surface area contributed by atoms with Crippen LogP contribution in [-0.2, 0) is 5.41 Å². The molecule has 0 fully saturated rings. The van der Waals surface area contributed by atoms with Gasteiger partial charge in [0.25, 0.3) is 0 Å². The van der Waals surface area contributed by atoms with Gasteiger partial charge in [-0.2, -0.15) is 0 Å². The molecule has 0 spiro atoms. The zero-order chi connectivity index (χ0) is 14.6. The van der Waals surface area contributed by atoms with Crippen LogP contribution in [-0.4, -0.2) is 5.78 Å². The van der Waals surface area contributed by atoms with Gasteiger partial charge in [-0.05, 0) is 25.3 Å². The van der Waals surface area contributed by atoms with Gasteiger partial charge in [-0.15, -0.1) is 0 Å². The van der Waals surface area contributed by atoms with E-state index < -0.39 is 5.41 Å². The molecule has 0 aromatic heterocycles. The molecule has 104 valence electrons. The van der Waals surface area contributed by atoms with E-state index in [0.29, 0.717) is 0 Å². The Balaban J connectivity index is 2.48. The topological polar surface area (TPSA) is 17.1 Å². The van der Waals surface area contributed by atoms with Gasteiger partial charge in [0.05, 0.1) is 5.41 Å². The first-order valence-electron chi connectivity index (χ1n) is 7.31. The number of Topliss-reactive ketones (excluding diaryl/α,β-unsaturated/α-hetero) is 1. The lowest BCUT2D eigenvalue weighted by molar-refractivity contribution is 0.0873. The second-order valence-corrected chi connectivity index (χ2v) is 5.35. The van der Waals surface area contributed by atoms with Crippen molar-refractivity contribution >= 4 is 5.78 Å². The second-order valence-electron chi connectivity index (χ2n) is 5.35. The normalized spacial score (nSPS) is 11.3. The van der Waals surface area contributed by atoms with Gasteiger partial charge in [0.1, 0.15) is 0 Å². The number of hydrogen-bond donors (Lipinski definition) is 0. The van der Waals surface area contributed by atoms with Crippen molar-refractivity contribution in [2.45, 2.75) is 39.0 Å². The minimum Gasteiger partial charge on any atom is -0.293 e. The number of benzene rings is 2. The number of carbonyl (C=O) groups excluding carboxylic acids is 1. The molecule has 0 aliphatic heterocycles. The van der Waals surface area contributed by atoms with Gasteiger partial charge in [-0.3, -0.25) is 4.79 Å². The molecule has 0 radical (unpaired) electrons. The van der Waals surface area contributed by atoms with Gasteiger partial charge in [0.15, 0.2) is 5.78 Å². The fourth-order valence-electron chi connectivity index (χ4n) is 2.85. The van der Waals surface area contributed by atoms with Crippen molar-refractivity contribution in [3.05, 3.63) is 71.3 Å². The lowest BCUT2D eigenvalue weighted by atomic mass is 9.70. The van der Waals surface area contributed by atoms with E-state index in [0.717, 1.165) is 24.0 Å². The molecule has 2 aromatic carbocycles. The van der Waals surface area contributed by atoms with Crippen molar-refractivity contribution < 1.29 is 4.79 Å². The minimum atomic E-state index is -0.406. The number of carbonyl (C=O) groups is 1. The molecule has 0 amide bonds. The van der Waals surface area contributed by atoms with Crippen LogP contribution in [0.25, 0.3) is 0 Å². The lowest BCUT2D eigenvalue weighted by Gasteiger charge is -2.31. The van der Waals surface area contributed by atoms with Gasteiger partial charge in [-0.1, -0.05) is 74.0 Å². The average Bonchev–Trinajstić information content (AvgIpc) is 2.51. The summed E-state index contributed by atoms with van der Waals surface area (Å²) in [6.45, 7) is 6.24. The Labute approximate surface area is 121 Å². The molecule has 0 saturated heterocycles. The monoisotopic (exact) mass is 266 g/mol. The second kappa shape index (κ2) is 6.04. The maximum absolute atomic E-state index is 13.0.